The van der Waals surface area contributed by atoms with E-state index in [2.05, 4.69) is 20.2 Å². The van der Waals surface area contributed by atoms with Gasteiger partial charge in [0.15, 0.2) is 11.5 Å². The minimum absolute atomic E-state index is 0.0608. The molecule has 2 aromatic rings. The van der Waals surface area contributed by atoms with E-state index in [0.29, 0.717) is 41.5 Å². The van der Waals surface area contributed by atoms with Crippen molar-refractivity contribution in [3.63, 3.8) is 0 Å². The number of rotatable bonds is 7. The summed E-state index contributed by atoms with van der Waals surface area (Å²) in [7, 11) is 0. The van der Waals surface area contributed by atoms with Crippen molar-refractivity contribution >= 4 is 29.3 Å². The molecule has 1 fully saturated rings. The van der Waals surface area contributed by atoms with Crippen LogP contribution in [0.4, 0.5) is 0 Å². The zero-order valence-corrected chi connectivity index (χ0v) is 17.2. The number of ether oxygens (including phenoxy) is 2. The molecule has 30 heavy (non-hydrogen) atoms. The average Bonchev–Trinajstić information content (AvgIpc) is 3.45. The van der Waals surface area contributed by atoms with Crippen LogP contribution in [0.1, 0.15) is 33.8 Å². The van der Waals surface area contributed by atoms with Crippen LogP contribution in [0.3, 0.4) is 0 Å². The van der Waals surface area contributed by atoms with E-state index in [1.165, 1.54) is 0 Å². The molecule has 3 heterocycles. The molecule has 1 unspecified atom stereocenters. The molecule has 1 atom stereocenters. The van der Waals surface area contributed by atoms with E-state index in [4.69, 9.17) is 9.47 Å². The normalized spacial score (nSPS) is 17.3. The number of carbonyl (C=O) groups is 3. The van der Waals surface area contributed by atoms with Crippen molar-refractivity contribution in [2.24, 2.45) is 0 Å². The van der Waals surface area contributed by atoms with Gasteiger partial charge in [-0.1, -0.05) is 10.6 Å². The Morgan fingerprint density at radius 1 is 1.23 bits per heavy atom. The Kier molecular flexibility index (Phi) is 5.79. The first-order valence-electron chi connectivity index (χ1n) is 9.56. The highest BCUT2D eigenvalue weighted by atomic mass is 32.1. The molecule has 10 nitrogen and oxygen atoms in total. The SMILES string of the molecule is Cc1nnsc1C(=O)NCCNC(=O)C1CCC(=O)N1Cc1ccc2c(c1)OCO2. The molecule has 0 aliphatic carbocycles. The topological polar surface area (TPSA) is 123 Å². The van der Waals surface area contributed by atoms with Crippen LogP contribution in [0, 0.1) is 6.92 Å². The summed E-state index contributed by atoms with van der Waals surface area (Å²) in [5, 5.41) is 9.32. The fourth-order valence-electron chi connectivity index (χ4n) is 3.44. The van der Waals surface area contributed by atoms with Crippen molar-refractivity contribution in [2.45, 2.75) is 32.4 Å². The van der Waals surface area contributed by atoms with Gasteiger partial charge in [0, 0.05) is 26.1 Å². The Morgan fingerprint density at radius 2 is 2.03 bits per heavy atom. The second-order valence-electron chi connectivity index (χ2n) is 7.00. The van der Waals surface area contributed by atoms with Crippen molar-refractivity contribution in [3.8, 4) is 11.5 Å². The molecule has 1 aromatic heterocycles. The van der Waals surface area contributed by atoms with Crippen LogP contribution in [0.25, 0.3) is 0 Å². The largest absolute Gasteiger partial charge is 0.454 e. The number of benzene rings is 1. The summed E-state index contributed by atoms with van der Waals surface area (Å²) in [5.41, 5.74) is 1.44. The first kappa shape index (κ1) is 20.1. The number of hydrogen-bond acceptors (Lipinski definition) is 8. The van der Waals surface area contributed by atoms with Gasteiger partial charge in [0.2, 0.25) is 18.6 Å². The maximum absolute atomic E-state index is 12.6. The van der Waals surface area contributed by atoms with E-state index in [1.807, 2.05) is 12.1 Å². The van der Waals surface area contributed by atoms with Crippen LogP contribution in [-0.2, 0) is 16.1 Å². The Labute approximate surface area is 176 Å². The molecule has 0 saturated carbocycles. The average molecular weight is 431 g/mol. The van der Waals surface area contributed by atoms with Gasteiger partial charge in [-0.3, -0.25) is 14.4 Å². The van der Waals surface area contributed by atoms with Crippen molar-refractivity contribution in [2.75, 3.05) is 19.9 Å². The quantitative estimate of drug-likeness (QED) is 0.616. The highest BCUT2D eigenvalue weighted by molar-refractivity contribution is 7.08. The molecule has 0 radical (unpaired) electrons. The summed E-state index contributed by atoms with van der Waals surface area (Å²) in [6, 6.07) is 4.96. The molecule has 2 aliphatic rings. The van der Waals surface area contributed by atoms with Gasteiger partial charge in [-0.25, -0.2) is 0 Å². The Bertz CT molecular complexity index is 978. The second-order valence-corrected chi connectivity index (χ2v) is 7.75. The van der Waals surface area contributed by atoms with E-state index in [-0.39, 0.29) is 37.6 Å². The predicted molar refractivity (Wildman–Crippen MR) is 106 cm³/mol. The molecule has 2 N–H and O–H groups in total. The molecule has 1 saturated heterocycles. The Hall–Kier alpha value is -3.21. The number of carbonyl (C=O) groups excluding carboxylic acids is 3. The number of fused-ring (bicyclic) bond motifs is 1. The molecule has 1 aromatic carbocycles. The van der Waals surface area contributed by atoms with E-state index < -0.39 is 6.04 Å². The zero-order valence-electron chi connectivity index (χ0n) is 16.3. The molecule has 158 valence electrons. The molecule has 4 rings (SSSR count). The minimum atomic E-state index is -0.536. The Balaban J connectivity index is 1.29. The van der Waals surface area contributed by atoms with Gasteiger partial charge in [-0.05, 0) is 42.6 Å². The van der Waals surface area contributed by atoms with E-state index in [0.717, 1.165) is 17.1 Å². The summed E-state index contributed by atoms with van der Waals surface area (Å²) in [5.74, 6) is 0.757. The van der Waals surface area contributed by atoms with Crippen molar-refractivity contribution in [1.29, 1.82) is 0 Å². The lowest BCUT2D eigenvalue weighted by Gasteiger charge is -2.24. The molecule has 2 aliphatic heterocycles. The third-order valence-electron chi connectivity index (χ3n) is 4.99. The van der Waals surface area contributed by atoms with Crippen LogP contribution in [0.2, 0.25) is 0 Å². The maximum Gasteiger partial charge on any atom is 0.265 e. The van der Waals surface area contributed by atoms with Gasteiger partial charge < -0.3 is 25.0 Å². The number of aryl methyl sites for hydroxylation is 1. The van der Waals surface area contributed by atoms with Crippen LogP contribution in [0.15, 0.2) is 18.2 Å². The number of likely N-dealkylation sites (tertiary alicyclic amines) is 1. The number of hydrogen-bond donors (Lipinski definition) is 2. The molecule has 0 bridgehead atoms. The lowest BCUT2D eigenvalue weighted by atomic mass is 10.1. The monoisotopic (exact) mass is 431 g/mol. The lowest BCUT2D eigenvalue weighted by molar-refractivity contribution is -0.135. The smallest absolute Gasteiger partial charge is 0.265 e. The van der Waals surface area contributed by atoms with Crippen molar-refractivity contribution < 1.29 is 23.9 Å². The fraction of sp³-hybridized carbons (Fsp3) is 0.421. The van der Waals surface area contributed by atoms with Gasteiger partial charge in [-0.15, -0.1) is 5.10 Å². The summed E-state index contributed by atoms with van der Waals surface area (Å²) < 4.78 is 14.4. The summed E-state index contributed by atoms with van der Waals surface area (Å²) in [6.45, 7) is 2.75. The van der Waals surface area contributed by atoms with Gasteiger partial charge in [0.1, 0.15) is 10.9 Å². The van der Waals surface area contributed by atoms with Crippen LogP contribution in [0.5, 0.6) is 11.5 Å². The third-order valence-corrected chi connectivity index (χ3v) is 5.81. The van der Waals surface area contributed by atoms with Gasteiger partial charge in [0.05, 0.1) is 5.69 Å². The van der Waals surface area contributed by atoms with E-state index >= 15 is 0 Å². The van der Waals surface area contributed by atoms with Crippen molar-refractivity contribution in [1.82, 2.24) is 25.1 Å². The van der Waals surface area contributed by atoms with E-state index in [1.54, 1.807) is 17.9 Å². The predicted octanol–water partition coefficient (Wildman–Crippen LogP) is 0.612. The van der Waals surface area contributed by atoms with Gasteiger partial charge in [-0.2, -0.15) is 0 Å². The lowest BCUT2D eigenvalue weighted by Crippen LogP contribution is -2.46. The van der Waals surface area contributed by atoms with E-state index in [9.17, 15) is 14.4 Å². The van der Waals surface area contributed by atoms with Gasteiger partial charge in [0.25, 0.3) is 5.91 Å². The third kappa shape index (κ3) is 4.20. The number of nitrogens with one attached hydrogen (secondary N) is 2. The zero-order chi connectivity index (χ0) is 21.1. The minimum Gasteiger partial charge on any atom is -0.454 e. The highest BCUT2D eigenvalue weighted by Gasteiger charge is 2.36. The molecular weight excluding hydrogens is 410 g/mol. The molecular formula is C19H21N5O5S. The Morgan fingerprint density at radius 3 is 2.83 bits per heavy atom. The standard InChI is InChI=1S/C19H21N5O5S/c1-11-17(30-23-22-11)19(27)21-7-6-20-18(26)13-3-5-16(25)24(13)9-12-2-4-14-15(8-12)29-10-28-14/h2,4,8,13H,3,5-7,9-10H2,1H3,(H,20,26)(H,21,27). The summed E-state index contributed by atoms with van der Waals surface area (Å²) in [6.07, 6.45) is 0.796. The van der Waals surface area contributed by atoms with Crippen LogP contribution >= 0.6 is 11.5 Å². The van der Waals surface area contributed by atoms with Crippen LogP contribution < -0.4 is 20.1 Å². The first-order valence-corrected chi connectivity index (χ1v) is 10.3. The number of nitrogens with zero attached hydrogens (tertiary/aromatic N) is 3. The molecule has 3 amide bonds. The number of aromatic nitrogens is 2. The molecule has 11 heteroatoms. The van der Waals surface area contributed by atoms with Crippen molar-refractivity contribution in [3.05, 3.63) is 34.3 Å². The number of amides is 3. The summed E-state index contributed by atoms with van der Waals surface area (Å²) >= 11 is 1.03. The summed E-state index contributed by atoms with van der Waals surface area (Å²) in [4.78, 5) is 39.0. The fourth-order valence-corrected chi connectivity index (χ4v) is 4.01. The molecule has 0 spiro atoms. The first-order chi connectivity index (χ1) is 14.5. The maximum atomic E-state index is 12.6. The van der Waals surface area contributed by atoms with Crippen LogP contribution in [-0.4, -0.2) is 58.1 Å². The second kappa shape index (κ2) is 8.66. The van der Waals surface area contributed by atoms with Gasteiger partial charge >= 0.3 is 0 Å². The highest BCUT2D eigenvalue weighted by Crippen LogP contribution is 2.33.